The Morgan fingerprint density at radius 2 is 1.91 bits per heavy atom. The quantitative estimate of drug-likeness (QED) is 0.803. The van der Waals surface area contributed by atoms with E-state index in [1.165, 1.54) is 12.1 Å². The number of halogens is 1. The van der Waals surface area contributed by atoms with E-state index in [1.54, 1.807) is 35.1 Å². The lowest BCUT2D eigenvalue weighted by molar-refractivity contribution is 0.102. The van der Waals surface area contributed by atoms with Crippen LogP contribution in [0.2, 0.25) is 0 Å². The number of nitrogens with one attached hydrogen (secondary N) is 1. The number of aromatic nitrogens is 2. The molecular formula is C17H14FN3O. The molecule has 3 aromatic rings. The lowest BCUT2D eigenvalue weighted by Gasteiger charge is -2.07. The third kappa shape index (κ3) is 2.88. The molecule has 22 heavy (non-hydrogen) atoms. The van der Waals surface area contributed by atoms with Crippen LogP contribution in [0.5, 0.6) is 0 Å². The fourth-order valence-electron chi connectivity index (χ4n) is 2.16. The summed E-state index contributed by atoms with van der Waals surface area (Å²) in [6.07, 6.45) is 1.72. The second-order valence-corrected chi connectivity index (χ2v) is 4.90. The number of hydrogen-bond donors (Lipinski definition) is 1. The predicted octanol–water partition coefficient (Wildman–Crippen LogP) is 3.57. The maximum Gasteiger partial charge on any atom is 0.255 e. The topological polar surface area (TPSA) is 46.9 Å². The Morgan fingerprint density at radius 3 is 2.55 bits per heavy atom. The van der Waals surface area contributed by atoms with Gasteiger partial charge in [-0.25, -0.2) is 9.07 Å². The molecule has 0 unspecified atom stereocenters. The summed E-state index contributed by atoms with van der Waals surface area (Å²) in [7, 11) is 0. The van der Waals surface area contributed by atoms with Crippen LogP contribution < -0.4 is 5.32 Å². The molecule has 110 valence electrons. The average Bonchev–Trinajstić information content (AvgIpc) is 2.93. The first-order valence-electron chi connectivity index (χ1n) is 6.81. The summed E-state index contributed by atoms with van der Waals surface area (Å²) in [5, 5.41) is 6.88. The maximum absolute atomic E-state index is 13.1. The SMILES string of the molecule is Cc1ccnn1-c1ccc(C(=O)Nc2cccc(F)c2)cc1. The molecule has 0 aliphatic heterocycles. The number of nitrogens with zero attached hydrogens (tertiary/aromatic N) is 2. The molecule has 2 aromatic carbocycles. The third-order valence-electron chi connectivity index (χ3n) is 3.29. The van der Waals surface area contributed by atoms with Gasteiger partial charge in [0.25, 0.3) is 5.91 Å². The van der Waals surface area contributed by atoms with Gasteiger partial charge in [-0.05, 0) is 55.5 Å². The summed E-state index contributed by atoms with van der Waals surface area (Å²) in [5.74, 6) is -0.670. The van der Waals surface area contributed by atoms with Gasteiger partial charge in [0.15, 0.2) is 0 Å². The van der Waals surface area contributed by atoms with Crippen LogP contribution in [-0.2, 0) is 0 Å². The van der Waals surface area contributed by atoms with Gasteiger partial charge >= 0.3 is 0 Å². The van der Waals surface area contributed by atoms with Gasteiger partial charge in [-0.3, -0.25) is 4.79 Å². The summed E-state index contributed by atoms with van der Waals surface area (Å²) in [6.45, 7) is 1.96. The molecule has 0 aliphatic carbocycles. The largest absolute Gasteiger partial charge is 0.322 e. The molecule has 1 amide bonds. The molecule has 1 N–H and O–H groups in total. The van der Waals surface area contributed by atoms with Crippen molar-refractivity contribution < 1.29 is 9.18 Å². The Balaban J connectivity index is 1.78. The van der Waals surface area contributed by atoms with Gasteiger partial charge in [-0.15, -0.1) is 0 Å². The predicted molar refractivity (Wildman–Crippen MR) is 82.7 cm³/mol. The second kappa shape index (κ2) is 5.81. The first-order chi connectivity index (χ1) is 10.6. The van der Waals surface area contributed by atoms with Crippen LogP contribution in [0, 0.1) is 12.7 Å². The smallest absolute Gasteiger partial charge is 0.255 e. The van der Waals surface area contributed by atoms with Crippen LogP contribution in [0.1, 0.15) is 16.1 Å². The fraction of sp³-hybridized carbons (Fsp3) is 0.0588. The number of hydrogen-bond acceptors (Lipinski definition) is 2. The van der Waals surface area contributed by atoms with E-state index in [9.17, 15) is 9.18 Å². The van der Waals surface area contributed by atoms with Gasteiger partial charge in [0.05, 0.1) is 5.69 Å². The van der Waals surface area contributed by atoms with E-state index in [0.29, 0.717) is 11.3 Å². The Labute approximate surface area is 127 Å². The summed E-state index contributed by atoms with van der Waals surface area (Å²) in [4.78, 5) is 12.1. The van der Waals surface area contributed by atoms with Crippen LogP contribution in [0.15, 0.2) is 60.8 Å². The molecule has 1 heterocycles. The molecule has 3 rings (SSSR count). The van der Waals surface area contributed by atoms with Crippen molar-refractivity contribution in [2.45, 2.75) is 6.92 Å². The molecule has 0 fully saturated rings. The zero-order chi connectivity index (χ0) is 15.5. The highest BCUT2D eigenvalue weighted by Gasteiger charge is 2.07. The molecule has 0 aliphatic rings. The molecule has 4 nitrogen and oxygen atoms in total. The van der Waals surface area contributed by atoms with Crippen LogP contribution in [0.25, 0.3) is 5.69 Å². The summed E-state index contributed by atoms with van der Waals surface area (Å²) >= 11 is 0. The van der Waals surface area contributed by atoms with Crippen LogP contribution >= 0.6 is 0 Å². The monoisotopic (exact) mass is 295 g/mol. The zero-order valence-corrected chi connectivity index (χ0v) is 12.0. The van der Waals surface area contributed by atoms with Gasteiger partial charge in [0.2, 0.25) is 0 Å². The van der Waals surface area contributed by atoms with Gasteiger partial charge in [-0.1, -0.05) is 6.07 Å². The number of aryl methyl sites for hydroxylation is 1. The minimum absolute atomic E-state index is 0.283. The Bertz CT molecular complexity index is 809. The van der Waals surface area contributed by atoms with Gasteiger partial charge < -0.3 is 5.32 Å². The van der Waals surface area contributed by atoms with E-state index in [1.807, 2.05) is 25.1 Å². The normalized spacial score (nSPS) is 10.5. The van der Waals surface area contributed by atoms with Crippen LogP contribution in [-0.4, -0.2) is 15.7 Å². The van der Waals surface area contributed by atoms with E-state index in [2.05, 4.69) is 10.4 Å². The van der Waals surface area contributed by atoms with E-state index in [4.69, 9.17) is 0 Å². The lowest BCUT2D eigenvalue weighted by Crippen LogP contribution is -2.12. The van der Waals surface area contributed by atoms with Crippen LogP contribution in [0.4, 0.5) is 10.1 Å². The zero-order valence-electron chi connectivity index (χ0n) is 12.0. The molecule has 0 spiro atoms. The number of rotatable bonds is 3. The van der Waals surface area contributed by atoms with Crippen molar-refractivity contribution in [1.29, 1.82) is 0 Å². The minimum Gasteiger partial charge on any atom is -0.322 e. The molecule has 0 bridgehead atoms. The standard InChI is InChI=1S/C17H14FN3O/c1-12-9-10-19-21(12)16-7-5-13(6-8-16)17(22)20-15-4-2-3-14(18)11-15/h2-11H,1H3,(H,20,22). The second-order valence-electron chi connectivity index (χ2n) is 4.90. The number of anilines is 1. The average molecular weight is 295 g/mol. The molecule has 1 aromatic heterocycles. The number of carbonyl (C=O) groups excluding carboxylic acids is 1. The first-order valence-corrected chi connectivity index (χ1v) is 6.81. The van der Waals surface area contributed by atoms with Gasteiger partial charge in [0, 0.05) is 23.1 Å². The Morgan fingerprint density at radius 1 is 1.14 bits per heavy atom. The lowest BCUT2D eigenvalue weighted by atomic mass is 10.2. The summed E-state index contributed by atoms with van der Waals surface area (Å²) in [5.41, 5.74) is 2.82. The number of carbonyl (C=O) groups is 1. The van der Waals surface area contributed by atoms with Crippen molar-refractivity contribution in [2.75, 3.05) is 5.32 Å². The number of benzene rings is 2. The van der Waals surface area contributed by atoms with Crippen molar-refractivity contribution in [2.24, 2.45) is 0 Å². The summed E-state index contributed by atoms with van der Waals surface area (Å²) in [6, 6.07) is 14.8. The highest BCUT2D eigenvalue weighted by molar-refractivity contribution is 6.04. The highest BCUT2D eigenvalue weighted by Crippen LogP contribution is 2.14. The Kier molecular flexibility index (Phi) is 3.70. The van der Waals surface area contributed by atoms with Crippen molar-refractivity contribution in [1.82, 2.24) is 9.78 Å². The first kappa shape index (κ1) is 14.0. The maximum atomic E-state index is 13.1. The molecular weight excluding hydrogens is 281 g/mol. The minimum atomic E-state index is -0.387. The third-order valence-corrected chi connectivity index (χ3v) is 3.29. The summed E-state index contributed by atoms with van der Waals surface area (Å²) < 4.78 is 14.9. The van der Waals surface area contributed by atoms with E-state index in [-0.39, 0.29) is 11.7 Å². The van der Waals surface area contributed by atoms with Gasteiger partial charge in [0.1, 0.15) is 5.82 Å². The van der Waals surface area contributed by atoms with E-state index >= 15 is 0 Å². The molecule has 5 heteroatoms. The van der Waals surface area contributed by atoms with Gasteiger partial charge in [-0.2, -0.15) is 5.10 Å². The van der Waals surface area contributed by atoms with E-state index in [0.717, 1.165) is 11.4 Å². The molecule has 0 radical (unpaired) electrons. The highest BCUT2D eigenvalue weighted by atomic mass is 19.1. The molecule has 0 atom stereocenters. The van der Waals surface area contributed by atoms with Crippen molar-refractivity contribution >= 4 is 11.6 Å². The number of amides is 1. The fourth-order valence-corrected chi connectivity index (χ4v) is 2.16. The molecule has 0 saturated carbocycles. The van der Waals surface area contributed by atoms with E-state index < -0.39 is 0 Å². The van der Waals surface area contributed by atoms with Crippen LogP contribution in [0.3, 0.4) is 0 Å². The van der Waals surface area contributed by atoms with Crippen molar-refractivity contribution in [3.8, 4) is 5.69 Å². The van der Waals surface area contributed by atoms with Crippen molar-refractivity contribution in [3.63, 3.8) is 0 Å². The molecule has 0 saturated heterocycles. The Hall–Kier alpha value is -2.95. The van der Waals surface area contributed by atoms with Crippen molar-refractivity contribution in [3.05, 3.63) is 77.9 Å².